The molecular formula is C12H10ClF2NO3. The quantitative estimate of drug-likeness (QED) is 0.871. The van der Waals surface area contributed by atoms with Gasteiger partial charge in [0.05, 0.1) is 18.4 Å². The molecule has 0 aromatic heterocycles. The van der Waals surface area contributed by atoms with E-state index in [1.54, 1.807) is 0 Å². The van der Waals surface area contributed by atoms with E-state index in [2.05, 4.69) is 10.1 Å². The van der Waals surface area contributed by atoms with Crippen LogP contribution in [0.5, 0.6) is 0 Å². The number of hydrogen-bond acceptors (Lipinski definition) is 3. The van der Waals surface area contributed by atoms with Gasteiger partial charge in [-0.3, -0.25) is 4.79 Å². The molecule has 1 aliphatic rings. The lowest BCUT2D eigenvalue weighted by Gasteiger charge is -2.09. The van der Waals surface area contributed by atoms with E-state index in [1.165, 1.54) is 25.3 Å². The van der Waals surface area contributed by atoms with Gasteiger partial charge in [-0.15, -0.1) is 0 Å². The summed E-state index contributed by atoms with van der Waals surface area (Å²) in [4.78, 5) is 23.1. The highest BCUT2D eigenvalue weighted by Crippen LogP contribution is 2.49. The standard InChI is InChI=1S/C12H10ClF2NO3/c1-19-11(18)7-4-6(13)2-3-9(7)16-10(17)8-5-12(8,14)15/h2-4,8H,5H2,1H3,(H,16,17)/t8-/m1/s1. The van der Waals surface area contributed by atoms with Crippen LogP contribution in [0.1, 0.15) is 16.8 Å². The van der Waals surface area contributed by atoms with Gasteiger partial charge in [-0.2, -0.15) is 0 Å². The number of hydrogen-bond donors (Lipinski definition) is 1. The third-order valence-electron chi connectivity index (χ3n) is 2.79. The Labute approximate surface area is 112 Å². The molecule has 1 aromatic carbocycles. The van der Waals surface area contributed by atoms with Crippen LogP contribution in [0.15, 0.2) is 18.2 Å². The second kappa shape index (κ2) is 4.77. The lowest BCUT2D eigenvalue weighted by Crippen LogP contribution is -2.19. The first-order valence-electron chi connectivity index (χ1n) is 5.41. The van der Waals surface area contributed by atoms with Gasteiger partial charge in [0.15, 0.2) is 0 Å². The van der Waals surface area contributed by atoms with Gasteiger partial charge < -0.3 is 10.1 Å². The number of anilines is 1. The summed E-state index contributed by atoms with van der Waals surface area (Å²) in [5.74, 6) is -5.83. The molecule has 1 aromatic rings. The molecule has 1 atom stereocenters. The van der Waals surface area contributed by atoms with E-state index < -0.39 is 30.1 Å². The van der Waals surface area contributed by atoms with Crippen molar-refractivity contribution < 1.29 is 23.1 Å². The van der Waals surface area contributed by atoms with E-state index in [0.29, 0.717) is 0 Å². The summed E-state index contributed by atoms with van der Waals surface area (Å²) in [6.45, 7) is 0. The zero-order valence-corrected chi connectivity index (χ0v) is 10.6. The van der Waals surface area contributed by atoms with Gasteiger partial charge in [0, 0.05) is 11.4 Å². The summed E-state index contributed by atoms with van der Waals surface area (Å²) >= 11 is 5.73. The van der Waals surface area contributed by atoms with Crippen LogP contribution >= 0.6 is 11.6 Å². The SMILES string of the molecule is COC(=O)c1cc(Cl)ccc1NC(=O)[C@H]1CC1(F)F. The summed E-state index contributed by atoms with van der Waals surface area (Å²) in [7, 11) is 1.17. The Kier molecular flexibility index (Phi) is 3.45. The molecule has 0 bridgehead atoms. The molecule has 1 saturated carbocycles. The fraction of sp³-hybridized carbons (Fsp3) is 0.333. The number of halogens is 3. The number of benzene rings is 1. The number of carbonyl (C=O) groups excluding carboxylic acids is 2. The molecule has 0 spiro atoms. The zero-order chi connectivity index (χ0) is 14.2. The first-order chi connectivity index (χ1) is 8.85. The van der Waals surface area contributed by atoms with Crippen molar-refractivity contribution in [3.05, 3.63) is 28.8 Å². The van der Waals surface area contributed by atoms with E-state index in [-0.39, 0.29) is 16.3 Å². The van der Waals surface area contributed by atoms with Crippen LogP contribution < -0.4 is 5.32 Å². The Morgan fingerprint density at radius 3 is 2.63 bits per heavy atom. The Bertz CT molecular complexity index is 548. The van der Waals surface area contributed by atoms with Crippen LogP contribution in [-0.2, 0) is 9.53 Å². The number of nitrogens with one attached hydrogen (secondary N) is 1. The topological polar surface area (TPSA) is 55.4 Å². The fourth-order valence-corrected chi connectivity index (χ4v) is 1.79. The number of amides is 1. The molecule has 0 aliphatic heterocycles. The number of ether oxygens (including phenoxy) is 1. The van der Waals surface area contributed by atoms with Gasteiger partial charge in [-0.05, 0) is 18.2 Å². The average molecular weight is 290 g/mol. The maximum absolute atomic E-state index is 12.8. The van der Waals surface area contributed by atoms with Crippen molar-refractivity contribution in [3.8, 4) is 0 Å². The minimum Gasteiger partial charge on any atom is -0.465 e. The van der Waals surface area contributed by atoms with E-state index in [1.807, 2.05) is 0 Å². The molecule has 1 fully saturated rings. The highest BCUT2D eigenvalue weighted by molar-refractivity contribution is 6.31. The van der Waals surface area contributed by atoms with Crippen molar-refractivity contribution >= 4 is 29.2 Å². The van der Waals surface area contributed by atoms with Crippen LogP contribution in [0, 0.1) is 5.92 Å². The Balaban J connectivity index is 2.20. The largest absolute Gasteiger partial charge is 0.465 e. The second-order valence-corrected chi connectivity index (χ2v) is 4.62. The molecule has 0 heterocycles. The third-order valence-corrected chi connectivity index (χ3v) is 3.02. The molecule has 0 saturated heterocycles. The Morgan fingerprint density at radius 2 is 2.11 bits per heavy atom. The molecule has 7 heteroatoms. The van der Waals surface area contributed by atoms with Gasteiger partial charge in [0.25, 0.3) is 5.92 Å². The second-order valence-electron chi connectivity index (χ2n) is 4.19. The first kappa shape index (κ1) is 13.7. The predicted octanol–water partition coefficient (Wildman–Crippen LogP) is 2.72. The minimum absolute atomic E-state index is 0.0207. The highest BCUT2D eigenvalue weighted by atomic mass is 35.5. The molecule has 0 unspecified atom stereocenters. The van der Waals surface area contributed by atoms with Gasteiger partial charge >= 0.3 is 5.97 Å². The number of esters is 1. The summed E-state index contributed by atoms with van der Waals surface area (Å²) in [6.07, 6.45) is -0.472. The number of methoxy groups -OCH3 is 1. The van der Waals surface area contributed by atoms with Crippen molar-refractivity contribution in [1.29, 1.82) is 0 Å². The smallest absolute Gasteiger partial charge is 0.340 e. The van der Waals surface area contributed by atoms with Gasteiger partial charge in [-0.25, -0.2) is 13.6 Å². The Morgan fingerprint density at radius 1 is 1.47 bits per heavy atom. The van der Waals surface area contributed by atoms with Gasteiger partial charge in [-0.1, -0.05) is 11.6 Å². The molecule has 19 heavy (non-hydrogen) atoms. The summed E-state index contributed by atoms with van der Waals surface area (Å²) < 4.78 is 30.1. The van der Waals surface area contributed by atoms with Crippen LogP contribution in [0.25, 0.3) is 0 Å². The monoisotopic (exact) mass is 289 g/mol. The molecule has 4 nitrogen and oxygen atoms in total. The van der Waals surface area contributed by atoms with Crippen LogP contribution in [0.3, 0.4) is 0 Å². The molecule has 1 N–H and O–H groups in total. The summed E-state index contributed by atoms with van der Waals surface area (Å²) in [6, 6.07) is 4.11. The van der Waals surface area contributed by atoms with Crippen molar-refractivity contribution in [2.45, 2.75) is 12.3 Å². The maximum Gasteiger partial charge on any atom is 0.340 e. The third kappa shape index (κ3) is 2.84. The summed E-state index contributed by atoms with van der Waals surface area (Å²) in [5.41, 5.74) is 0.122. The minimum atomic E-state index is -2.96. The predicted molar refractivity (Wildman–Crippen MR) is 64.5 cm³/mol. The van der Waals surface area contributed by atoms with E-state index in [4.69, 9.17) is 11.6 Å². The highest BCUT2D eigenvalue weighted by Gasteiger charge is 2.61. The average Bonchev–Trinajstić information content (AvgIpc) is 3.00. The molecule has 102 valence electrons. The molecular weight excluding hydrogens is 280 g/mol. The molecule has 2 rings (SSSR count). The van der Waals surface area contributed by atoms with Gasteiger partial charge in [0.2, 0.25) is 5.91 Å². The van der Waals surface area contributed by atoms with Crippen molar-refractivity contribution in [2.24, 2.45) is 5.92 Å². The van der Waals surface area contributed by atoms with E-state index in [9.17, 15) is 18.4 Å². The van der Waals surface area contributed by atoms with Crippen molar-refractivity contribution in [2.75, 3.05) is 12.4 Å². The lowest BCUT2D eigenvalue weighted by atomic mass is 10.1. The Hall–Kier alpha value is -1.69. The number of alkyl halides is 2. The van der Waals surface area contributed by atoms with E-state index in [0.717, 1.165) is 0 Å². The maximum atomic E-state index is 12.8. The molecule has 0 radical (unpaired) electrons. The van der Waals surface area contributed by atoms with Crippen molar-refractivity contribution in [1.82, 2.24) is 0 Å². The van der Waals surface area contributed by atoms with E-state index >= 15 is 0 Å². The first-order valence-corrected chi connectivity index (χ1v) is 5.79. The molecule has 1 aliphatic carbocycles. The van der Waals surface area contributed by atoms with Crippen LogP contribution in [0.2, 0.25) is 5.02 Å². The van der Waals surface area contributed by atoms with Crippen LogP contribution in [-0.4, -0.2) is 24.9 Å². The summed E-state index contributed by atoms with van der Waals surface area (Å²) in [5, 5.41) is 2.57. The normalized spacial score (nSPS) is 19.7. The van der Waals surface area contributed by atoms with Crippen molar-refractivity contribution in [3.63, 3.8) is 0 Å². The van der Waals surface area contributed by atoms with Crippen LogP contribution in [0.4, 0.5) is 14.5 Å². The van der Waals surface area contributed by atoms with Gasteiger partial charge in [0.1, 0.15) is 5.92 Å². The fourth-order valence-electron chi connectivity index (χ4n) is 1.62. The number of carbonyl (C=O) groups is 2. The molecule has 1 amide bonds. The zero-order valence-electron chi connectivity index (χ0n) is 9.88. The lowest BCUT2D eigenvalue weighted by molar-refractivity contribution is -0.119. The number of rotatable bonds is 3.